The third-order valence-electron chi connectivity index (χ3n) is 7.59. The highest BCUT2D eigenvalue weighted by Crippen LogP contribution is 2.40. The van der Waals surface area contributed by atoms with Crippen molar-refractivity contribution in [2.45, 2.75) is 71.4 Å². The Kier molecular flexibility index (Phi) is 6.57. The number of likely N-dealkylation sites (tertiary alicyclic amines) is 1. The molecule has 1 saturated heterocycles. The normalized spacial score (nSPS) is 23.5. The van der Waals surface area contributed by atoms with Gasteiger partial charge in [0.25, 0.3) is 0 Å². The van der Waals surface area contributed by atoms with Crippen LogP contribution in [0.25, 0.3) is 0 Å². The molecule has 2 fully saturated rings. The molecular formula is C24H37N7O. The first kappa shape index (κ1) is 22.8. The van der Waals surface area contributed by atoms with Gasteiger partial charge in [-0.25, -0.2) is 4.98 Å². The molecule has 0 bridgehead atoms. The minimum absolute atomic E-state index is 0.112. The van der Waals surface area contributed by atoms with Gasteiger partial charge in [-0.3, -0.25) is 9.69 Å². The summed E-state index contributed by atoms with van der Waals surface area (Å²) in [5.41, 5.74) is 0.326. The molecule has 32 heavy (non-hydrogen) atoms. The van der Waals surface area contributed by atoms with Crippen LogP contribution in [0.1, 0.15) is 59.3 Å². The van der Waals surface area contributed by atoms with E-state index in [-0.39, 0.29) is 11.9 Å². The molecule has 1 unspecified atom stereocenters. The van der Waals surface area contributed by atoms with Crippen LogP contribution in [-0.2, 0) is 4.79 Å². The van der Waals surface area contributed by atoms with Crippen LogP contribution in [0, 0.1) is 22.7 Å². The lowest BCUT2D eigenvalue weighted by molar-refractivity contribution is -0.125. The van der Waals surface area contributed by atoms with E-state index in [0.29, 0.717) is 31.0 Å². The summed E-state index contributed by atoms with van der Waals surface area (Å²) in [4.78, 5) is 29.1. The van der Waals surface area contributed by atoms with Crippen molar-refractivity contribution in [1.29, 1.82) is 5.26 Å². The Morgan fingerprint density at radius 1 is 1.25 bits per heavy atom. The topological polar surface area (TPSA) is 88.4 Å². The maximum absolute atomic E-state index is 13.1. The van der Waals surface area contributed by atoms with Crippen molar-refractivity contribution in [2.75, 3.05) is 48.3 Å². The molecule has 1 aliphatic carbocycles. The number of carbonyl (C=O) groups is 1. The molecule has 4 rings (SSSR count). The molecule has 1 aromatic heterocycles. The minimum atomic E-state index is -0.476. The molecule has 2 aliphatic heterocycles. The second-order valence-corrected chi connectivity index (χ2v) is 10.4. The number of piperidine rings is 1. The van der Waals surface area contributed by atoms with Crippen molar-refractivity contribution >= 4 is 23.4 Å². The highest BCUT2D eigenvalue weighted by Gasteiger charge is 2.41. The smallest absolute Gasteiger partial charge is 0.234 e. The summed E-state index contributed by atoms with van der Waals surface area (Å²) in [7, 11) is 1.84. The second kappa shape index (κ2) is 9.22. The lowest BCUT2D eigenvalue weighted by Gasteiger charge is -2.35. The van der Waals surface area contributed by atoms with Crippen LogP contribution in [0.15, 0.2) is 6.20 Å². The number of fused-ring (bicyclic) bond motifs is 1. The van der Waals surface area contributed by atoms with E-state index in [9.17, 15) is 4.79 Å². The fraction of sp³-hybridized carbons (Fsp3) is 0.750. The summed E-state index contributed by atoms with van der Waals surface area (Å²) in [5.74, 6) is 2.16. The molecule has 3 aliphatic rings. The Bertz CT molecular complexity index is 866. The van der Waals surface area contributed by atoms with E-state index < -0.39 is 5.41 Å². The molecule has 1 saturated carbocycles. The van der Waals surface area contributed by atoms with Gasteiger partial charge in [-0.2, -0.15) is 10.2 Å². The zero-order valence-electron chi connectivity index (χ0n) is 20.0. The Labute approximate surface area is 192 Å². The SMILES string of the molecule is CC(Nc1ncc2c(n1)N(C1CCCC1)CC(C)(C)C(=O)N2C)C1CCN(CC#N)CC1. The Balaban J connectivity index is 1.55. The predicted octanol–water partition coefficient (Wildman–Crippen LogP) is 3.26. The monoisotopic (exact) mass is 439 g/mol. The van der Waals surface area contributed by atoms with Gasteiger partial charge in [0.15, 0.2) is 5.82 Å². The average molecular weight is 440 g/mol. The number of nitrogens with one attached hydrogen (secondary N) is 1. The minimum Gasteiger partial charge on any atom is -0.351 e. The Hall–Kier alpha value is -2.40. The predicted molar refractivity (Wildman–Crippen MR) is 127 cm³/mol. The highest BCUT2D eigenvalue weighted by atomic mass is 16.2. The van der Waals surface area contributed by atoms with Crippen LogP contribution in [-0.4, -0.2) is 66.1 Å². The number of nitrogens with zero attached hydrogens (tertiary/aromatic N) is 6. The fourth-order valence-electron chi connectivity index (χ4n) is 5.57. The lowest BCUT2D eigenvalue weighted by atomic mass is 9.90. The number of hydrogen-bond acceptors (Lipinski definition) is 7. The van der Waals surface area contributed by atoms with Crippen LogP contribution < -0.4 is 15.1 Å². The number of anilines is 3. The average Bonchev–Trinajstić information content (AvgIpc) is 3.30. The van der Waals surface area contributed by atoms with Crippen LogP contribution in [0.5, 0.6) is 0 Å². The lowest BCUT2D eigenvalue weighted by Crippen LogP contribution is -2.45. The standard InChI is InChI=1S/C24H37N7O/c1-17(18-9-12-30(13-10-18)14-11-25)27-23-26-15-20-21(28-23)31(19-7-5-6-8-19)16-24(2,3)22(32)29(20)4/h15,17-19H,5-10,12-14,16H2,1-4H3,(H,26,27,28). The quantitative estimate of drug-likeness (QED) is 0.705. The van der Waals surface area contributed by atoms with E-state index in [1.165, 1.54) is 12.8 Å². The molecule has 1 atom stereocenters. The van der Waals surface area contributed by atoms with Gasteiger partial charge in [-0.1, -0.05) is 12.8 Å². The van der Waals surface area contributed by atoms with Crippen LogP contribution in [0.2, 0.25) is 0 Å². The van der Waals surface area contributed by atoms with Crippen LogP contribution in [0.4, 0.5) is 17.5 Å². The van der Waals surface area contributed by atoms with Crippen molar-refractivity contribution in [3.63, 3.8) is 0 Å². The first-order chi connectivity index (χ1) is 15.3. The molecule has 0 radical (unpaired) electrons. The highest BCUT2D eigenvalue weighted by molar-refractivity contribution is 6.00. The van der Waals surface area contributed by atoms with Gasteiger partial charge < -0.3 is 15.1 Å². The molecule has 174 valence electrons. The van der Waals surface area contributed by atoms with Gasteiger partial charge in [-0.15, -0.1) is 0 Å². The number of amides is 1. The van der Waals surface area contributed by atoms with E-state index in [4.69, 9.17) is 10.2 Å². The van der Waals surface area contributed by atoms with E-state index >= 15 is 0 Å². The Morgan fingerprint density at radius 3 is 2.59 bits per heavy atom. The summed E-state index contributed by atoms with van der Waals surface area (Å²) in [6.07, 6.45) is 8.72. The van der Waals surface area contributed by atoms with Crippen LogP contribution in [0.3, 0.4) is 0 Å². The third-order valence-corrected chi connectivity index (χ3v) is 7.59. The number of aromatic nitrogens is 2. The second-order valence-electron chi connectivity index (χ2n) is 10.4. The molecule has 1 N–H and O–H groups in total. The molecule has 0 spiro atoms. The van der Waals surface area contributed by atoms with E-state index in [0.717, 1.165) is 50.3 Å². The number of nitriles is 1. The van der Waals surface area contributed by atoms with Crippen LogP contribution >= 0.6 is 0 Å². The van der Waals surface area contributed by atoms with Gasteiger partial charge in [0.1, 0.15) is 5.69 Å². The van der Waals surface area contributed by atoms with Crippen molar-refractivity contribution in [2.24, 2.45) is 11.3 Å². The fourth-order valence-corrected chi connectivity index (χ4v) is 5.57. The summed E-state index contributed by atoms with van der Waals surface area (Å²) in [5, 5.41) is 12.5. The first-order valence-electron chi connectivity index (χ1n) is 12.1. The largest absolute Gasteiger partial charge is 0.351 e. The Morgan fingerprint density at radius 2 is 1.94 bits per heavy atom. The summed E-state index contributed by atoms with van der Waals surface area (Å²) in [6, 6.07) is 2.93. The summed E-state index contributed by atoms with van der Waals surface area (Å²) >= 11 is 0. The van der Waals surface area contributed by atoms with Gasteiger partial charge in [0.2, 0.25) is 11.9 Å². The molecule has 8 heteroatoms. The number of carbonyl (C=O) groups excluding carboxylic acids is 1. The molecule has 1 amide bonds. The zero-order chi connectivity index (χ0) is 22.9. The summed E-state index contributed by atoms with van der Waals surface area (Å²) in [6.45, 7) is 9.39. The molecule has 3 heterocycles. The summed E-state index contributed by atoms with van der Waals surface area (Å²) < 4.78 is 0. The zero-order valence-corrected chi connectivity index (χ0v) is 20.0. The van der Waals surface area contributed by atoms with Gasteiger partial charge in [0, 0.05) is 25.7 Å². The van der Waals surface area contributed by atoms with Crippen molar-refractivity contribution in [1.82, 2.24) is 14.9 Å². The van der Waals surface area contributed by atoms with Gasteiger partial charge >= 0.3 is 0 Å². The number of rotatable bonds is 5. The first-order valence-corrected chi connectivity index (χ1v) is 12.1. The van der Waals surface area contributed by atoms with Crippen molar-refractivity contribution in [3.05, 3.63) is 6.20 Å². The molecular weight excluding hydrogens is 402 g/mol. The third kappa shape index (κ3) is 4.54. The maximum atomic E-state index is 13.1. The molecule has 0 aromatic carbocycles. The van der Waals surface area contributed by atoms with Gasteiger partial charge in [0.05, 0.1) is 24.2 Å². The van der Waals surface area contributed by atoms with E-state index in [1.54, 1.807) is 4.90 Å². The van der Waals surface area contributed by atoms with E-state index in [2.05, 4.69) is 33.1 Å². The molecule has 1 aromatic rings. The van der Waals surface area contributed by atoms with Crippen molar-refractivity contribution in [3.8, 4) is 6.07 Å². The van der Waals surface area contributed by atoms with Gasteiger partial charge in [-0.05, 0) is 65.5 Å². The van der Waals surface area contributed by atoms with Crippen molar-refractivity contribution < 1.29 is 4.79 Å². The maximum Gasteiger partial charge on any atom is 0.234 e. The van der Waals surface area contributed by atoms with E-state index in [1.807, 2.05) is 27.1 Å². The number of hydrogen-bond donors (Lipinski definition) is 1. The molecule has 8 nitrogen and oxygen atoms in total.